The summed E-state index contributed by atoms with van der Waals surface area (Å²) in [5, 5.41) is 0.586. The maximum atomic E-state index is 13.4. The Morgan fingerprint density at radius 3 is 2.46 bits per heavy atom. The van der Waals surface area contributed by atoms with Crippen molar-refractivity contribution in [3.8, 4) is 0 Å². The van der Waals surface area contributed by atoms with Gasteiger partial charge in [-0.05, 0) is 60.6 Å². The number of hydrogen-bond donors (Lipinski definition) is 0. The Labute approximate surface area is 222 Å². The smallest absolute Gasteiger partial charge is 0.348 e. The number of carbonyl (C=O) groups excluding carboxylic acids is 2. The standard InChI is InChI=1S/C26H27Cl2F3N2O4/c1-14-10-16(26(29,30)31)11-23-20(14)12-17(32(23)3)13-21-22(27)5-4-19(24(21)28)25(35)33-8-6-18(7-9-33)37-36-15(2)34/h4-5,11-12,14,18H,6-10,13H2,1-3H3. The summed E-state index contributed by atoms with van der Waals surface area (Å²) in [4.78, 5) is 35.5. The second-order valence-electron chi connectivity index (χ2n) is 9.53. The summed E-state index contributed by atoms with van der Waals surface area (Å²) in [5.74, 6) is -1.08. The number of halogens is 5. The third kappa shape index (κ3) is 5.84. The highest BCUT2D eigenvalue weighted by Gasteiger charge is 2.38. The number of fused-ring (bicyclic) bond motifs is 1. The van der Waals surface area contributed by atoms with Gasteiger partial charge in [-0.2, -0.15) is 18.1 Å². The Kier molecular flexibility index (Phi) is 7.97. The van der Waals surface area contributed by atoms with Crippen LogP contribution in [-0.4, -0.2) is 46.7 Å². The van der Waals surface area contributed by atoms with Crippen molar-refractivity contribution in [1.82, 2.24) is 9.47 Å². The van der Waals surface area contributed by atoms with Gasteiger partial charge in [0.15, 0.2) is 0 Å². The summed E-state index contributed by atoms with van der Waals surface area (Å²) in [6, 6.07) is 5.08. The summed E-state index contributed by atoms with van der Waals surface area (Å²) in [5.41, 5.74) is 2.38. The number of allylic oxidation sites excluding steroid dienone is 1. The minimum atomic E-state index is -4.38. The molecule has 11 heteroatoms. The molecule has 37 heavy (non-hydrogen) atoms. The van der Waals surface area contributed by atoms with Crippen molar-refractivity contribution in [3.05, 3.63) is 61.9 Å². The van der Waals surface area contributed by atoms with Gasteiger partial charge in [0.1, 0.15) is 6.10 Å². The van der Waals surface area contributed by atoms with E-state index in [9.17, 15) is 22.8 Å². The molecule has 1 unspecified atom stereocenters. The van der Waals surface area contributed by atoms with Crippen LogP contribution in [0, 0.1) is 0 Å². The lowest BCUT2D eigenvalue weighted by molar-refractivity contribution is -0.300. The van der Waals surface area contributed by atoms with Gasteiger partial charge in [0.25, 0.3) is 5.91 Å². The van der Waals surface area contributed by atoms with E-state index in [0.717, 1.165) is 11.3 Å². The van der Waals surface area contributed by atoms with Crippen molar-refractivity contribution in [2.24, 2.45) is 7.05 Å². The van der Waals surface area contributed by atoms with Crippen LogP contribution in [0.15, 0.2) is 23.8 Å². The highest BCUT2D eigenvalue weighted by atomic mass is 35.5. The van der Waals surface area contributed by atoms with E-state index in [1.165, 1.54) is 13.0 Å². The van der Waals surface area contributed by atoms with Gasteiger partial charge >= 0.3 is 12.1 Å². The summed E-state index contributed by atoms with van der Waals surface area (Å²) < 4.78 is 41.9. The quantitative estimate of drug-likeness (QED) is 0.311. The number of rotatable bonds is 5. The predicted molar refractivity (Wildman–Crippen MR) is 134 cm³/mol. The number of piperidine rings is 1. The van der Waals surface area contributed by atoms with Gasteiger partial charge < -0.3 is 9.47 Å². The van der Waals surface area contributed by atoms with Crippen LogP contribution in [0.4, 0.5) is 13.2 Å². The fourth-order valence-electron chi connectivity index (χ4n) is 4.87. The number of hydrogen-bond acceptors (Lipinski definition) is 4. The molecule has 2 aromatic rings. The van der Waals surface area contributed by atoms with Crippen molar-refractivity contribution >= 4 is 41.2 Å². The minimum Gasteiger partial charge on any atom is -0.348 e. The average Bonchev–Trinajstić information content (AvgIpc) is 3.15. The first-order valence-corrected chi connectivity index (χ1v) is 12.7. The van der Waals surface area contributed by atoms with Crippen LogP contribution < -0.4 is 0 Å². The SMILES string of the molecule is CC(=O)OOC1CCN(C(=O)c2ccc(Cl)c(Cc3cc4c(n3C)C=C(C(F)(F)F)CC4C)c2Cl)CC1. The fraction of sp³-hybridized carbons (Fsp3) is 0.462. The van der Waals surface area contributed by atoms with Crippen LogP contribution in [0.2, 0.25) is 10.0 Å². The van der Waals surface area contributed by atoms with Crippen LogP contribution in [0.25, 0.3) is 6.08 Å². The van der Waals surface area contributed by atoms with E-state index in [1.54, 1.807) is 35.6 Å². The first-order valence-electron chi connectivity index (χ1n) is 11.9. The average molecular weight is 559 g/mol. The molecule has 0 radical (unpaired) electrons. The number of carbonyl (C=O) groups is 2. The normalized spacial score (nSPS) is 18.4. The first kappa shape index (κ1) is 27.5. The van der Waals surface area contributed by atoms with Gasteiger partial charge in [0.2, 0.25) is 0 Å². The molecule has 4 rings (SSSR count). The number of amides is 1. The number of nitrogens with zero attached hydrogens (tertiary/aromatic N) is 2. The highest BCUT2D eigenvalue weighted by Crippen LogP contribution is 2.42. The molecule has 1 aliphatic carbocycles. The zero-order valence-electron chi connectivity index (χ0n) is 20.6. The predicted octanol–water partition coefficient (Wildman–Crippen LogP) is 6.47. The number of aromatic nitrogens is 1. The molecule has 1 atom stereocenters. The molecule has 200 valence electrons. The first-order chi connectivity index (χ1) is 17.4. The summed E-state index contributed by atoms with van der Waals surface area (Å²) >= 11 is 13.2. The molecule has 0 spiro atoms. The number of benzene rings is 1. The van der Waals surface area contributed by atoms with Crippen LogP contribution in [-0.2, 0) is 28.0 Å². The van der Waals surface area contributed by atoms with E-state index < -0.39 is 17.7 Å². The van der Waals surface area contributed by atoms with E-state index >= 15 is 0 Å². The Morgan fingerprint density at radius 1 is 1.16 bits per heavy atom. The second-order valence-corrected chi connectivity index (χ2v) is 10.3. The summed E-state index contributed by atoms with van der Waals surface area (Å²) in [6.07, 6.45) is -2.29. The van der Waals surface area contributed by atoms with Crippen molar-refractivity contribution in [1.29, 1.82) is 0 Å². The summed E-state index contributed by atoms with van der Waals surface area (Å²) in [6.45, 7) is 3.83. The van der Waals surface area contributed by atoms with E-state index in [0.29, 0.717) is 47.8 Å². The maximum Gasteiger partial charge on any atom is 0.412 e. The minimum absolute atomic E-state index is 0.0753. The molecule has 1 saturated heterocycles. The van der Waals surface area contributed by atoms with Crippen LogP contribution in [0.1, 0.15) is 71.9 Å². The van der Waals surface area contributed by atoms with Crippen molar-refractivity contribution < 1.29 is 32.5 Å². The van der Waals surface area contributed by atoms with Gasteiger partial charge in [-0.3, -0.25) is 9.68 Å². The lowest BCUT2D eigenvalue weighted by atomic mass is 9.87. The van der Waals surface area contributed by atoms with Crippen LogP contribution >= 0.6 is 23.2 Å². The Morgan fingerprint density at radius 2 is 1.84 bits per heavy atom. The van der Waals surface area contributed by atoms with E-state index in [1.807, 2.05) is 6.07 Å². The topological polar surface area (TPSA) is 60.8 Å². The Bertz CT molecular complexity index is 1250. The summed E-state index contributed by atoms with van der Waals surface area (Å²) in [7, 11) is 1.72. The van der Waals surface area contributed by atoms with Crippen molar-refractivity contribution in [2.45, 2.75) is 57.7 Å². The van der Waals surface area contributed by atoms with Crippen LogP contribution in [0.5, 0.6) is 0 Å². The third-order valence-corrected chi connectivity index (χ3v) is 7.73. The number of likely N-dealkylation sites (tertiary alicyclic amines) is 1. The lowest BCUT2D eigenvalue weighted by Crippen LogP contribution is -2.41. The molecule has 2 aliphatic rings. The van der Waals surface area contributed by atoms with Gasteiger partial charge in [-0.15, -0.1) is 0 Å². The lowest BCUT2D eigenvalue weighted by Gasteiger charge is -2.31. The van der Waals surface area contributed by atoms with Crippen molar-refractivity contribution in [2.75, 3.05) is 13.1 Å². The van der Waals surface area contributed by atoms with Gasteiger partial charge in [-0.1, -0.05) is 30.1 Å². The zero-order chi connectivity index (χ0) is 27.1. The molecule has 1 fully saturated rings. The van der Waals surface area contributed by atoms with E-state index in [2.05, 4.69) is 4.89 Å². The Hall–Kier alpha value is -2.49. The largest absolute Gasteiger partial charge is 0.412 e. The van der Waals surface area contributed by atoms with Gasteiger partial charge in [0.05, 0.1) is 10.6 Å². The molecule has 1 amide bonds. The molecule has 0 saturated carbocycles. The number of alkyl halides is 3. The highest BCUT2D eigenvalue weighted by molar-refractivity contribution is 6.38. The third-order valence-electron chi connectivity index (χ3n) is 6.95. The Balaban J connectivity index is 1.55. The van der Waals surface area contributed by atoms with E-state index in [-0.39, 0.29) is 35.8 Å². The molecule has 0 N–H and O–H groups in total. The van der Waals surface area contributed by atoms with Gasteiger partial charge in [-0.25, -0.2) is 4.79 Å². The molecule has 1 aromatic carbocycles. The van der Waals surface area contributed by atoms with E-state index in [4.69, 9.17) is 28.1 Å². The van der Waals surface area contributed by atoms with Crippen molar-refractivity contribution in [3.63, 3.8) is 0 Å². The zero-order valence-corrected chi connectivity index (χ0v) is 22.1. The molecule has 2 heterocycles. The molecular weight excluding hydrogens is 532 g/mol. The monoisotopic (exact) mass is 558 g/mol. The molecular formula is C26H27Cl2F3N2O4. The maximum absolute atomic E-state index is 13.4. The molecule has 1 aliphatic heterocycles. The fourth-order valence-corrected chi connectivity index (χ4v) is 5.46. The molecule has 0 bridgehead atoms. The second kappa shape index (κ2) is 10.7. The molecule has 6 nitrogen and oxygen atoms in total. The van der Waals surface area contributed by atoms with Crippen LogP contribution in [0.3, 0.4) is 0 Å². The van der Waals surface area contributed by atoms with Gasteiger partial charge in [0, 0.05) is 55.5 Å². The molecule has 1 aromatic heterocycles.